The van der Waals surface area contributed by atoms with Crippen molar-refractivity contribution in [3.05, 3.63) is 54.6 Å². The number of halogens is 1. The van der Waals surface area contributed by atoms with Gasteiger partial charge in [0.15, 0.2) is 0 Å². The predicted molar refractivity (Wildman–Crippen MR) is 90.7 cm³/mol. The molecule has 1 saturated heterocycles. The van der Waals surface area contributed by atoms with Gasteiger partial charge in [-0.1, -0.05) is 6.07 Å². The van der Waals surface area contributed by atoms with Gasteiger partial charge in [0.25, 0.3) is 0 Å². The van der Waals surface area contributed by atoms with Crippen LogP contribution in [0.5, 0.6) is 0 Å². The predicted octanol–water partition coefficient (Wildman–Crippen LogP) is 2.26. The molecule has 2 heterocycles. The van der Waals surface area contributed by atoms with E-state index in [0.717, 1.165) is 0 Å². The second kappa shape index (κ2) is 7.28. The first-order valence-electron chi connectivity index (χ1n) is 7.93. The van der Waals surface area contributed by atoms with Crippen LogP contribution in [0, 0.1) is 11.7 Å². The first kappa shape index (κ1) is 17.5. The van der Waals surface area contributed by atoms with Crippen LogP contribution in [0.25, 0.3) is 0 Å². The average molecular weight is 363 g/mol. The van der Waals surface area contributed by atoms with Crippen LogP contribution < -0.4 is 5.32 Å². The summed E-state index contributed by atoms with van der Waals surface area (Å²) in [5.74, 6) is -1.23. The molecule has 25 heavy (non-hydrogen) atoms. The topological polar surface area (TPSA) is 79.4 Å². The number of pyridine rings is 1. The maximum Gasteiger partial charge on any atom is 0.244 e. The molecule has 1 aliphatic heterocycles. The zero-order valence-electron chi connectivity index (χ0n) is 13.4. The highest BCUT2D eigenvalue weighted by molar-refractivity contribution is 7.89. The minimum absolute atomic E-state index is 0.0956. The summed E-state index contributed by atoms with van der Waals surface area (Å²) in [6.07, 6.45) is 3.97. The third kappa shape index (κ3) is 4.02. The zero-order valence-corrected chi connectivity index (χ0v) is 14.2. The molecule has 1 aliphatic rings. The van der Waals surface area contributed by atoms with Crippen molar-refractivity contribution in [2.75, 3.05) is 18.4 Å². The average Bonchev–Trinajstić information content (AvgIpc) is 2.62. The number of sulfonamides is 1. The molecule has 1 N–H and O–H groups in total. The van der Waals surface area contributed by atoms with E-state index >= 15 is 0 Å². The summed E-state index contributed by atoms with van der Waals surface area (Å²) in [7, 11) is -3.68. The fraction of sp³-hybridized carbons (Fsp3) is 0.294. The fourth-order valence-corrected chi connectivity index (χ4v) is 4.32. The van der Waals surface area contributed by atoms with Gasteiger partial charge in [0.05, 0.1) is 5.92 Å². The largest absolute Gasteiger partial charge is 0.326 e. The van der Waals surface area contributed by atoms with Crippen LogP contribution in [-0.2, 0) is 14.8 Å². The monoisotopic (exact) mass is 363 g/mol. The highest BCUT2D eigenvalue weighted by Crippen LogP contribution is 2.24. The minimum atomic E-state index is -3.68. The number of carbonyl (C=O) groups is 1. The molecule has 3 rings (SSSR count). The SMILES string of the molecule is O=C(Nc1cccc(F)c1)C1CCCN(S(=O)(=O)c2cccnc2)C1. The molecule has 0 saturated carbocycles. The molecule has 1 fully saturated rings. The van der Waals surface area contributed by atoms with Gasteiger partial charge in [-0.05, 0) is 43.2 Å². The lowest BCUT2D eigenvalue weighted by molar-refractivity contribution is -0.120. The lowest BCUT2D eigenvalue weighted by Crippen LogP contribution is -2.43. The van der Waals surface area contributed by atoms with Gasteiger partial charge in [-0.15, -0.1) is 0 Å². The van der Waals surface area contributed by atoms with E-state index in [-0.39, 0.29) is 17.3 Å². The lowest BCUT2D eigenvalue weighted by atomic mass is 9.99. The Kier molecular flexibility index (Phi) is 5.10. The Bertz CT molecular complexity index is 858. The molecule has 2 aromatic rings. The quantitative estimate of drug-likeness (QED) is 0.904. The molecule has 8 heteroatoms. The second-order valence-corrected chi connectivity index (χ2v) is 7.83. The number of carbonyl (C=O) groups excluding carboxylic acids is 1. The van der Waals surface area contributed by atoms with Crippen molar-refractivity contribution >= 4 is 21.6 Å². The number of nitrogens with zero attached hydrogens (tertiary/aromatic N) is 2. The van der Waals surface area contributed by atoms with E-state index in [0.29, 0.717) is 25.1 Å². The van der Waals surface area contributed by atoms with Crippen LogP contribution in [0.2, 0.25) is 0 Å². The number of anilines is 1. The Labute approximate surface area is 145 Å². The minimum Gasteiger partial charge on any atom is -0.326 e. The summed E-state index contributed by atoms with van der Waals surface area (Å²) >= 11 is 0. The molecule has 0 spiro atoms. The van der Waals surface area contributed by atoms with Crippen molar-refractivity contribution < 1.29 is 17.6 Å². The molecule has 1 aromatic heterocycles. The van der Waals surface area contributed by atoms with E-state index in [4.69, 9.17) is 0 Å². The van der Waals surface area contributed by atoms with E-state index in [2.05, 4.69) is 10.3 Å². The third-order valence-electron chi connectivity index (χ3n) is 4.12. The first-order chi connectivity index (χ1) is 12.0. The van der Waals surface area contributed by atoms with E-state index < -0.39 is 21.8 Å². The number of aromatic nitrogens is 1. The second-order valence-electron chi connectivity index (χ2n) is 5.89. The number of amides is 1. The molecular weight excluding hydrogens is 345 g/mol. The smallest absolute Gasteiger partial charge is 0.244 e. The maximum atomic E-state index is 13.2. The summed E-state index contributed by atoms with van der Waals surface area (Å²) in [4.78, 5) is 16.4. The Morgan fingerprint density at radius 3 is 2.84 bits per heavy atom. The van der Waals surface area contributed by atoms with Crippen molar-refractivity contribution in [3.63, 3.8) is 0 Å². The lowest BCUT2D eigenvalue weighted by Gasteiger charge is -2.31. The molecule has 0 radical (unpaired) electrons. The number of rotatable bonds is 4. The van der Waals surface area contributed by atoms with Crippen molar-refractivity contribution in [3.8, 4) is 0 Å². The molecule has 6 nitrogen and oxygen atoms in total. The van der Waals surface area contributed by atoms with E-state index in [1.54, 1.807) is 12.1 Å². The molecule has 1 amide bonds. The van der Waals surface area contributed by atoms with Gasteiger partial charge in [-0.25, -0.2) is 12.8 Å². The summed E-state index contributed by atoms with van der Waals surface area (Å²) < 4.78 is 39.9. The number of nitrogens with one attached hydrogen (secondary N) is 1. The van der Waals surface area contributed by atoms with E-state index in [1.807, 2.05) is 0 Å². The van der Waals surface area contributed by atoms with Crippen LogP contribution in [0.1, 0.15) is 12.8 Å². The number of hydrogen-bond donors (Lipinski definition) is 1. The fourth-order valence-electron chi connectivity index (χ4n) is 2.83. The Morgan fingerprint density at radius 1 is 1.28 bits per heavy atom. The number of piperidine rings is 1. The van der Waals surface area contributed by atoms with Gasteiger partial charge >= 0.3 is 0 Å². The maximum absolute atomic E-state index is 13.2. The third-order valence-corrected chi connectivity index (χ3v) is 5.97. The molecule has 1 atom stereocenters. The van der Waals surface area contributed by atoms with Gasteiger partial charge in [0.2, 0.25) is 15.9 Å². The van der Waals surface area contributed by atoms with E-state index in [9.17, 15) is 17.6 Å². The number of benzene rings is 1. The van der Waals surface area contributed by atoms with Gasteiger partial charge in [-0.3, -0.25) is 9.78 Å². The van der Waals surface area contributed by atoms with Crippen LogP contribution >= 0.6 is 0 Å². The summed E-state index contributed by atoms with van der Waals surface area (Å²) in [6.45, 7) is 0.458. The summed E-state index contributed by atoms with van der Waals surface area (Å²) in [6, 6.07) is 8.66. The van der Waals surface area contributed by atoms with E-state index in [1.165, 1.54) is 41.0 Å². The standard InChI is InChI=1S/C17H18FN3O3S/c18-14-5-1-6-15(10-14)20-17(22)13-4-3-9-21(12-13)25(23,24)16-7-2-8-19-11-16/h1-2,5-8,10-11,13H,3-4,9,12H2,(H,20,22). The Balaban J connectivity index is 1.71. The molecule has 0 aliphatic carbocycles. The first-order valence-corrected chi connectivity index (χ1v) is 9.37. The molecule has 1 unspecified atom stereocenters. The molecule has 1 aromatic carbocycles. The van der Waals surface area contributed by atoms with Crippen molar-refractivity contribution in [2.45, 2.75) is 17.7 Å². The highest BCUT2D eigenvalue weighted by Gasteiger charge is 2.33. The molecule has 0 bridgehead atoms. The summed E-state index contributed by atoms with van der Waals surface area (Å²) in [5, 5.41) is 2.65. The highest BCUT2D eigenvalue weighted by atomic mass is 32.2. The molecular formula is C17H18FN3O3S. The van der Waals surface area contributed by atoms with Crippen LogP contribution in [0.4, 0.5) is 10.1 Å². The van der Waals surface area contributed by atoms with Crippen molar-refractivity contribution in [1.29, 1.82) is 0 Å². The van der Waals surface area contributed by atoms with Crippen LogP contribution in [0.15, 0.2) is 53.7 Å². The normalized spacial score (nSPS) is 18.7. The van der Waals surface area contributed by atoms with Gasteiger partial charge in [0.1, 0.15) is 10.7 Å². The molecule has 132 valence electrons. The van der Waals surface area contributed by atoms with Gasteiger partial charge < -0.3 is 5.32 Å². The van der Waals surface area contributed by atoms with Crippen molar-refractivity contribution in [2.24, 2.45) is 5.92 Å². The van der Waals surface area contributed by atoms with Crippen LogP contribution in [-0.4, -0.2) is 36.7 Å². The Hall–Kier alpha value is -2.32. The van der Waals surface area contributed by atoms with Gasteiger partial charge in [-0.2, -0.15) is 4.31 Å². The zero-order chi connectivity index (χ0) is 17.9. The Morgan fingerprint density at radius 2 is 2.12 bits per heavy atom. The number of hydrogen-bond acceptors (Lipinski definition) is 4. The van der Waals surface area contributed by atoms with Crippen molar-refractivity contribution in [1.82, 2.24) is 9.29 Å². The van der Waals surface area contributed by atoms with Gasteiger partial charge in [0, 0.05) is 31.2 Å². The van der Waals surface area contributed by atoms with Crippen LogP contribution in [0.3, 0.4) is 0 Å². The summed E-state index contributed by atoms with van der Waals surface area (Å²) in [5.41, 5.74) is 0.359.